The summed E-state index contributed by atoms with van der Waals surface area (Å²) in [5, 5.41) is 6.39. The molecule has 1 aliphatic heterocycles. The summed E-state index contributed by atoms with van der Waals surface area (Å²) in [5.74, 6) is -0.426. The Bertz CT molecular complexity index is 2010. The van der Waals surface area contributed by atoms with Gasteiger partial charge in [-0.2, -0.15) is 23.1 Å². The van der Waals surface area contributed by atoms with Crippen molar-refractivity contribution < 1.29 is 22.7 Å². The van der Waals surface area contributed by atoms with E-state index in [0.717, 1.165) is 57.1 Å². The van der Waals surface area contributed by atoms with Crippen LogP contribution in [0, 0.1) is 13.8 Å². The van der Waals surface area contributed by atoms with Crippen molar-refractivity contribution in [2.75, 3.05) is 43.5 Å². The molecule has 0 saturated carbocycles. The summed E-state index contributed by atoms with van der Waals surface area (Å²) in [5.41, 5.74) is 2.52. The average Bonchev–Trinajstić information content (AvgIpc) is 3.05. The molecule has 0 bridgehead atoms. The highest BCUT2D eigenvalue weighted by atomic mass is 19.4. The highest BCUT2D eigenvalue weighted by Gasteiger charge is 2.31. The third kappa shape index (κ3) is 7.31. The SMILES string of the molecule is Cc1ccc(NC(=O)c2cccc(C(F)(F)F)c2)cc1-n1c(C)c2cnc(Nc3cccc(CCN4CCOCC4)c3)nc2nc1=O. The minimum atomic E-state index is -4.58. The van der Waals surface area contributed by atoms with Gasteiger partial charge in [0.25, 0.3) is 5.91 Å². The van der Waals surface area contributed by atoms with E-state index >= 15 is 0 Å². The molecule has 47 heavy (non-hydrogen) atoms. The van der Waals surface area contributed by atoms with Gasteiger partial charge in [0, 0.05) is 48.5 Å². The fourth-order valence-corrected chi connectivity index (χ4v) is 5.48. The fourth-order valence-electron chi connectivity index (χ4n) is 5.48. The number of aryl methyl sites for hydroxylation is 2. The summed E-state index contributed by atoms with van der Waals surface area (Å²) in [6, 6.07) is 17.1. The maximum Gasteiger partial charge on any atom is 0.416 e. The number of fused-ring (bicyclic) bond motifs is 1. The number of carbonyl (C=O) groups excluding carboxylic acids is 1. The maximum atomic E-state index is 13.4. The van der Waals surface area contributed by atoms with E-state index in [1.165, 1.54) is 22.3 Å². The summed E-state index contributed by atoms with van der Waals surface area (Å²) in [7, 11) is 0. The topological polar surface area (TPSA) is 114 Å². The first-order valence-corrected chi connectivity index (χ1v) is 15.1. The minimum absolute atomic E-state index is 0.149. The number of alkyl halides is 3. The van der Waals surface area contributed by atoms with E-state index in [-0.39, 0.29) is 11.2 Å². The summed E-state index contributed by atoms with van der Waals surface area (Å²) in [6.07, 6.45) is -2.09. The standard InChI is InChI=1S/C34H32F3N7O3/c1-21-9-10-27(39-31(45)24-6-4-7-25(18-24)34(35,36)37)19-29(21)44-22(2)28-20-38-32(41-30(28)42-33(44)46)40-26-8-3-5-23(17-26)11-12-43-13-15-47-16-14-43/h3-10,17-20H,11-16H2,1-2H3,(H,39,45)(H,40,41,42,46). The van der Waals surface area contributed by atoms with Gasteiger partial charge in [0.2, 0.25) is 5.95 Å². The van der Waals surface area contributed by atoms with Gasteiger partial charge in [0.05, 0.1) is 29.9 Å². The summed E-state index contributed by atoms with van der Waals surface area (Å²) in [4.78, 5) is 41.8. The normalized spacial score (nSPS) is 13.9. The van der Waals surface area contributed by atoms with Crippen LogP contribution in [0.15, 0.2) is 77.7 Å². The van der Waals surface area contributed by atoms with Crippen LogP contribution in [0.1, 0.15) is 32.7 Å². The first kappa shape index (κ1) is 31.8. The van der Waals surface area contributed by atoms with E-state index in [0.29, 0.717) is 34.0 Å². The first-order valence-electron chi connectivity index (χ1n) is 15.1. The molecular weight excluding hydrogens is 611 g/mol. The quantitative estimate of drug-likeness (QED) is 0.222. The Balaban J connectivity index is 1.22. The molecule has 1 fully saturated rings. The molecule has 0 atom stereocenters. The lowest BCUT2D eigenvalue weighted by atomic mass is 10.1. The number of benzene rings is 3. The van der Waals surface area contributed by atoms with Crippen LogP contribution in [-0.2, 0) is 17.3 Å². The molecule has 1 saturated heterocycles. The van der Waals surface area contributed by atoms with Gasteiger partial charge in [-0.25, -0.2) is 9.78 Å². The Morgan fingerprint density at radius 3 is 2.53 bits per heavy atom. The third-order valence-electron chi connectivity index (χ3n) is 8.05. The number of rotatable bonds is 8. The van der Waals surface area contributed by atoms with E-state index in [9.17, 15) is 22.8 Å². The van der Waals surface area contributed by atoms with Crippen molar-refractivity contribution in [1.82, 2.24) is 24.4 Å². The van der Waals surface area contributed by atoms with Crippen LogP contribution in [-0.4, -0.2) is 63.2 Å². The van der Waals surface area contributed by atoms with E-state index in [4.69, 9.17) is 4.74 Å². The van der Waals surface area contributed by atoms with Crippen LogP contribution in [0.5, 0.6) is 0 Å². The number of morpholine rings is 1. The maximum absolute atomic E-state index is 13.4. The third-order valence-corrected chi connectivity index (χ3v) is 8.05. The van der Waals surface area contributed by atoms with Gasteiger partial charge in [0.15, 0.2) is 5.65 Å². The molecule has 0 radical (unpaired) electrons. The second kappa shape index (κ2) is 13.3. The zero-order valence-corrected chi connectivity index (χ0v) is 25.8. The van der Waals surface area contributed by atoms with Crippen LogP contribution in [0.3, 0.4) is 0 Å². The Morgan fingerprint density at radius 1 is 0.957 bits per heavy atom. The summed E-state index contributed by atoms with van der Waals surface area (Å²) in [6.45, 7) is 7.87. The number of nitrogens with one attached hydrogen (secondary N) is 2. The summed E-state index contributed by atoms with van der Waals surface area (Å²) < 4.78 is 46.3. The predicted molar refractivity (Wildman–Crippen MR) is 172 cm³/mol. The second-order valence-electron chi connectivity index (χ2n) is 11.3. The Hall–Kier alpha value is -5.14. The van der Waals surface area contributed by atoms with Crippen LogP contribution in [0.25, 0.3) is 16.7 Å². The van der Waals surface area contributed by atoms with E-state index in [2.05, 4.69) is 36.6 Å². The number of ether oxygens (including phenoxy) is 1. The number of nitrogens with zero attached hydrogens (tertiary/aromatic N) is 5. The van der Waals surface area contributed by atoms with Crippen molar-refractivity contribution in [1.29, 1.82) is 0 Å². The van der Waals surface area contributed by atoms with Crippen molar-refractivity contribution in [3.05, 3.63) is 111 Å². The Kier molecular flexibility index (Phi) is 9.01. The molecule has 6 rings (SSSR count). The van der Waals surface area contributed by atoms with Crippen molar-refractivity contribution >= 4 is 34.3 Å². The number of hydrogen-bond donors (Lipinski definition) is 2. The lowest BCUT2D eigenvalue weighted by Crippen LogP contribution is -2.37. The minimum Gasteiger partial charge on any atom is -0.379 e. The van der Waals surface area contributed by atoms with E-state index < -0.39 is 23.3 Å². The van der Waals surface area contributed by atoms with E-state index in [1.54, 1.807) is 38.2 Å². The molecular formula is C34H32F3N7O3. The number of aromatic nitrogens is 4. The zero-order valence-electron chi connectivity index (χ0n) is 25.8. The Morgan fingerprint density at radius 2 is 1.74 bits per heavy atom. The molecule has 3 aromatic carbocycles. The number of hydrogen-bond acceptors (Lipinski definition) is 8. The lowest BCUT2D eigenvalue weighted by Gasteiger charge is -2.26. The van der Waals surface area contributed by atoms with Gasteiger partial charge in [-0.15, -0.1) is 0 Å². The van der Waals surface area contributed by atoms with Gasteiger partial charge in [0.1, 0.15) is 0 Å². The smallest absolute Gasteiger partial charge is 0.379 e. The molecule has 242 valence electrons. The lowest BCUT2D eigenvalue weighted by molar-refractivity contribution is -0.137. The van der Waals surface area contributed by atoms with Crippen LogP contribution in [0.2, 0.25) is 0 Å². The van der Waals surface area contributed by atoms with Gasteiger partial charge >= 0.3 is 11.9 Å². The molecule has 3 heterocycles. The van der Waals surface area contributed by atoms with Crippen molar-refractivity contribution in [3.8, 4) is 5.69 Å². The highest BCUT2D eigenvalue weighted by molar-refractivity contribution is 6.04. The van der Waals surface area contributed by atoms with Crippen molar-refractivity contribution in [2.24, 2.45) is 0 Å². The predicted octanol–water partition coefficient (Wildman–Crippen LogP) is 5.68. The van der Waals surface area contributed by atoms with Gasteiger partial charge in [-0.1, -0.05) is 24.3 Å². The number of amides is 1. The van der Waals surface area contributed by atoms with Gasteiger partial charge in [-0.3, -0.25) is 14.3 Å². The molecule has 0 aliphatic carbocycles. The molecule has 2 N–H and O–H groups in total. The number of anilines is 3. The van der Waals surface area contributed by atoms with Crippen LogP contribution in [0.4, 0.5) is 30.5 Å². The van der Waals surface area contributed by atoms with Crippen molar-refractivity contribution in [2.45, 2.75) is 26.4 Å². The van der Waals surface area contributed by atoms with E-state index in [1.807, 2.05) is 18.2 Å². The second-order valence-corrected chi connectivity index (χ2v) is 11.3. The van der Waals surface area contributed by atoms with Crippen molar-refractivity contribution in [3.63, 3.8) is 0 Å². The molecule has 0 spiro atoms. The molecule has 1 amide bonds. The van der Waals surface area contributed by atoms with Crippen LogP contribution < -0.4 is 16.3 Å². The first-order chi connectivity index (χ1) is 22.5. The molecule has 5 aromatic rings. The average molecular weight is 644 g/mol. The molecule has 2 aromatic heterocycles. The largest absolute Gasteiger partial charge is 0.416 e. The van der Waals surface area contributed by atoms with Gasteiger partial charge < -0.3 is 15.4 Å². The molecule has 0 unspecified atom stereocenters. The highest BCUT2D eigenvalue weighted by Crippen LogP contribution is 2.30. The zero-order chi connectivity index (χ0) is 33.1. The van der Waals surface area contributed by atoms with Crippen LogP contribution >= 0.6 is 0 Å². The molecule has 13 heteroatoms. The number of carbonyl (C=O) groups is 1. The van der Waals surface area contributed by atoms with Gasteiger partial charge in [-0.05, 0) is 73.9 Å². The molecule has 1 aliphatic rings. The molecule has 10 nitrogen and oxygen atoms in total. The Labute approximate surface area is 268 Å². The summed E-state index contributed by atoms with van der Waals surface area (Å²) >= 11 is 0. The fraction of sp³-hybridized carbons (Fsp3) is 0.265. The number of halogens is 3. The monoisotopic (exact) mass is 643 g/mol.